The molecule has 32 heavy (non-hydrogen) atoms. The van der Waals surface area contributed by atoms with Gasteiger partial charge in [0.05, 0.1) is 6.54 Å². The number of benzene rings is 2. The Morgan fingerprint density at radius 1 is 1.19 bits per heavy atom. The number of carbonyl (C=O) groups excluding carboxylic acids is 1. The van der Waals surface area contributed by atoms with E-state index in [1.807, 2.05) is 0 Å². The number of hydrogen-bond acceptors (Lipinski definition) is 4. The van der Waals surface area contributed by atoms with Crippen molar-refractivity contribution in [2.45, 2.75) is 26.1 Å². The van der Waals surface area contributed by atoms with Gasteiger partial charge >= 0.3 is 5.97 Å². The third kappa shape index (κ3) is 5.35. The van der Waals surface area contributed by atoms with E-state index in [4.69, 9.17) is 15.6 Å². The summed E-state index contributed by atoms with van der Waals surface area (Å²) in [4.78, 5) is 26.5. The van der Waals surface area contributed by atoms with Crippen molar-refractivity contribution in [1.29, 1.82) is 0 Å². The monoisotopic (exact) mass is 446 g/mol. The molecule has 6 nitrogen and oxygen atoms in total. The number of carbonyl (C=O) groups is 2. The predicted molar refractivity (Wildman–Crippen MR) is 112 cm³/mol. The first-order valence-corrected chi connectivity index (χ1v) is 9.77. The number of rotatable bonds is 7. The Balaban J connectivity index is 1.96. The molecule has 2 aromatic carbocycles. The molecule has 0 heterocycles. The van der Waals surface area contributed by atoms with Crippen molar-refractivity contribution in [3.63, 3.8) is 0 Å². The van der Waals surface area contributed by atoms with Crippen LogP contribution in [0.25, 0.3) is 11.1 Å². The van der Waals surface area contributed by atoms with Crippen molar-refractivity contribution >= 4 is 17.6 Å². The molecule has 0 aliphatic heterocycles. The van der Waals surface area contributed by atoms with Crippen molar-refractivity contribution in [2.75, 3.05) is 6.61 Å². The van der Waals surface area contributed by atoms with Gasteiger partial charge in [0.25, 0.3) is 0 Å². The first-order valence-electron chi connectivity index (χ1n) is 9.77. The molecule has 0 fully saturated rings. The highest BCUT2D eigenvalue weighted by Gasteiger charge is 2.35. The van der Waals surface area contributed by atoms with E-state index in [1.54, 1.807) is 12.1 Å². The lowest BCUT2D eigenvalue weighted by Gasteiger charge is -2.25. The Labute approximate surface area is 182 Å². The number of carboxylic acids is 1. The topological polar surface area (TPSA) is 102 Å². The lowest BCUT2D eigenvalue weighted by atomic mass is 9.90. The molecule has 9 heteroatoms. The van der Waals surface area contributed by atoms with Gasteiger partial charge in [0.15, 0.2) is 12.4 Å². The molecule has 3 N–H and O–H groups in total. The normalized spacial score (nSPS) is 19.8. The molecular formula is C23H21F3N2O4. The molecule has 168 valence electrons. The molecule has 3 rings (SSSR count). The Morgan fingerprint density at radius 2 is 1.94 bits per heavy atom. The first kappa shape index (κ1) is 23.1. The van der Waals surface area contributed by atoms with Crippen LogP contribution in [0, 0.1) is 11.7 Å². The number of aliphatic carboxylic acids is 1. The maximum absolute atomic E-state index is 14.8. The van der Waals surface area contributed by atoms with Crippen molar-refractivity contribution in [2.24, 2.45) is 16.6 Å². The highest BCUT2D eigenvalue weighted by Crippen LogP contribution is 2.32. The highest BCUT2D eigenvalue weighted by atomic mass is 19.1. The SMILES string of the molecule is CC1CC(OCC(=O)O)=C(F)C(=NCc2cc(C(N)=O)cc(-c3cccc(F)c3)c2)C1F. The van der Waals surface area contributed by atoms with Gasteiger partial charge < -0.3 is 15.6 Å². The molecule has 2 unspecified atom stereocenters. The highest BCUT2D eigenvalue weighted by molar-refractivity contribution is 6.03. The van der Waals surface area contributed by atoms with Crippen LogP contribution in [0.1, 0.15) is 29.3 Å². The number of primary amides is 1. The molecule has 1 aliphatic rings. The van der Waals surface area contributed by atoms with Crippen molar-refractivity contribution < 1.29 is 32.6 Å². The second kappa shape index (κ2) is 9.67. The molecule has 0 spiro atoms. The summed E-state index contributed by atoms with van der Waals surface area (Å²) >= 11 is 0. The van der Waals surface area contributed by atoms with Crippen LogP contribution in [0.2, 0.25) is 0 Å². The van der Waals surface area contributed by atoms with E-state index in [-0.39, 0.29) is 24.3 Å². The zero-order valence-corrected chi connectivity index (χ0v) is 17.1. The molecule has 1 amide bonds. The summed E-state index contributed by atoms with van der Waals surface area (Å²) in [7, 11) is 0. The third-order valence-corrected chi connectivity index (χ3v) is 4.97. The van der Waals surface area contributed by atoms with Gasteiger partial charge in [0.1, 0.15) is 23.5 Å². The number of hydrogen-bond donors (Lipinski definition) is 2. The van der Waals surface area contributed by atoms with Crippen LogP contribution in [-0.4, -0.2) is 35.5 Å². The Morgan fingerprint density at radius 3 is 2.59 bits per heavy atom. The number of nitrogens with zero attached hydrogens (tertiary/aromatic N) is 1. The van der Waals surface area contributed by atoms with E-state index in [1.165, 1.54) is 37.3 Å². The molecule has 0 aromatic heterocycles. The number of carboxylic acid groups (broad SMARTS) is 1. The average molecular weight is 446 g/mol. The van der Waals surface area contributed by atoms with Gasteiger partial charge in [-0.25, -0.2) is 18.0 Å². The second-order valence-electron chi connectivity index (χ2n) is 7.50. The molecule has 0 saturated carbocycles. The first-order chi connectivity index (χ1) is 15.2. The predicted octanol–water partition coefficient (Wildman–Crippen LogP) is 4.19. The quantitative estimate of drug-likeness (QED) is 0.666. The van der Waals surface area contributed by atoms with Crippen LogP contribution < -0.4 is 5.73 Å². The number of halogens is 3. The Kier molecular flexibility index (Phi) is 6.97. The van der Waals surface area contributed by atoms with Gasteiger partial charge in [-0.2, -0.15) is 0 Å². The second-order valence-corrected chi connectivity index (χ2v) is 7.50. The molecule has 0 saturated heterocycles. The summed E-state index contributed by atoms with van der Waals surface area (Å²) in [5.74, 6) is -4.44. The average Bonchev–Trinajstić information content (AvgIpc) is 2.75. The molecule has 2 atom stereocenters. The number of allylic oxidation sites excluding steroid dienone is 2. The Bertz CT molecular complexity index is 1110. The smallest absolute Gasteiger partial charge is 0.341 e. The summed E-state index contributed by atoms with van der Waals surface area (Å²) < 4.78 is 48.0. The lowest BCUT2D eigenvalue weighted by molar-refractivity contribution is -0.141. The number of alkyl halides is 1. The maximum Gasteiger partial charge on any atom is 0.341 e. The van der Waals surface area contributed by atoms with Crippen LogP contribution in [-0.2, 0) is 16.1 Å². The molecule has 0 radical (unpaired) electrons. The van der Waals surface area contributed by atoms with E-state index in [0.717, 1.165) is 0 Å². The van der Waals surface area contributed by atoms with E-state index >= 15 is 0 Å². The van der Waals surface area contributed by atoms with E-state index in [9.17, 15) is 22.8 Å². The molecule has 1 aliphatic carbocycles. The van der Waals surface area contributed by atoms with Crippen molar-refractivity contribution in [1.82, 2.24) is 0 Å². The van der Waals surface area contributed by atoms with Crippen molar-refractivity contribution in [3.8, 4) is 11.1 Å². The number of amides is 1. The van der Waals surface area contributed by atoms with Gasteiger partial charge in [0, 0.05) is 17.9 Å². The Hall–Kier alpha value is -3.62. The maximum atomic E-state index is 14.8. The van der Waals surface area contributed by atoms with Gasteiger partial charge in [-0.3, -0.25) is 9.79 Å². The fourth-order valence-electron chi connectivity index (χ4n) is 3.38. The summed E-state index contributed by atoms with van der Waals surface area (Å²) in [6.07, 6.45) is -1.81. The number of nitrogens with two attached hydrogens (primary N) is 1. The summed E-state index contributed by atoms with van der Waals surface area (Å²) in [5.41, 5.74) is 6.46. The molecule has 2 aromatic rings. The lowest BCUT2D eigenvalue weighted by Crippen LogP contribution is -2.31. The van der Waals surface area contributed by atoms with Crippen LogP contribution in [0.3, 0.4) is 0 Å². The fraction of sp³-hybridized carbons (Fsp3) is 0.261. The van der Waals surface area contributed by atoms with Crippen LogP contribution in [0.4, 0.5) is 13.2 Å². The number of aliphatic imine (C=N–C) groups is 1. The number of ether oxygens (including phenoxy) is 1. The van der Waals surface area contributed by atoms with Gasteiger partial charge in [-0.1, -0.05) is 19.1 Å². The molecular weight excluding hydrogens is 425 g/mol. The fourth-order valence-corrected chi connectivity index (χ4v) is 3.38. The standard InChI is InChI=1S/C23H21F3N2O4/c1-12-5-18(32-11-19(29)30)21(26)22(20(12)25)28-10-13-6-15(8-16(7-13)23(27)31)14-3-2-4-17(24)9-14/h2-4,6-9,12,20H,5,10-11H2,1H3,(H2,27,31)(H,29,30). The minimum atomic E-state index is -1.71. The molecule has 0 bridgehead atoms. The van der Waals surface area contributed by atoms with E-state index in [0.29, 0.717) is 16.7 Å². The van der Waals surface area contributed by atoms with Crippen LogP contribution >= 0.6 is 0 Å². The summed E-state index contributed by atoms with van der Waals surface area (Å²) in [6.45, 7) is 0.593. The third-order valence-electron chi connectivity index (χ3n) is 4.97. The van der Waals surface area contributed by atoms with Gasteiger partial charge in [-0.15, -0.1) is 0 Å². The van der Waals surface area contributed by atoms with Crippen LogP contribution in [0.15, 0.2) is 59.0 Å². The van der Waals surface area contributed by atoms with E-state index in [2.05, 4.69) is 4.99 Å². The van der Waals surface area contributed by atoms with E-state index < -0.39 is 47.9 Å². The minimum Gasteiger partial charge on any atom is -0.483 e. The van der Waals surface area contributed by atoms with Gasteiger partial charge in [0.2, 0.25) is 5.91 Å². The zero-order chi connectivity index (χ0) is 23.4. The summed E-state index contributed by atoms with van der Waals surface area (Å²) in [5, 5.41) is 8.74. The summed E-state index contributed by atoms with van der Waals surface area (Å²) in [6, 6.07) is 10.3. The largest absolute Gasteiger partial charge is 0.483 e. The van der Waals surface area contributed by atoms with Crippen LogP contribution in [0.5, 0.6) is 0 Å². The zero-order valence-electron chi connectivity index (χ0n) is 17.1. The van der Waals surface area contributed by atoms with Crippen molar-refractivity contribution in [3.05, 3.63) is 71.0 Å². The minimum absolute atomic E-state index is 0.0970. The van der Waals surface area contributed by atoms with Gasteiger partial charge in [-0.05, 0) is 47.0 Å².